The zero-order valence-electron chi connectivity index (χ0n) is 19.1. The van der Waals surface area contributed by atoms with Gasteiger partial charge in [-0.3, -0.25) is 14.7 Å². The highest BCUT2D eigenvalue weighted by Crippen LogP contribution is 2.38. The molecule has 1 aliphatic heterocycles. The monoisotopic (exact) mass is 484 g/mol. The number of hydrogen-bond acceptors (Lipinski definition) is 6. The minimum Gasteiger partial charge on any atom is -0.493 e. The SMILES string of the molecule is COc1cc(C(=O)N2CCN(C(=O)c3cc(-c4ccc(Cl)cc4)n[nH]3)CC2)cc(OC)c1OC. The molecule has 1 aromatic heterocycles. The second-order valence-corrected chi connectivity index (χ2v) is 8.11. The first-order chi connectivity index (χ1) is 16.4. The van der Waals surface area contributed by atoms with Crippen molar-refractivity contribution in [3.63, 3.8) is 0 Å². The predicted molar refractivity (Wildman–Crippen MR) is 127 cm³/mol. The van der Waals surface area contributed by atoms with E-state index in [1.165, 1.54) is 21.3 Å². The molecule has 9 nitrogen and oxygen atoms in total. The molecule has 3 aromatic rings. The normalized spacial score (nSPS) is 13.5. The highest BCUT2D eigenvalue weighted by atomic mass is 35.5. The zero-order valence-corrected chi connectivity index (χ0v) is 19.9. The number of aromatic amines is 1. The Kier molecular flexibility index (Phi) is 6.93. The minimum atomic E-state index is -0.169. The summed E-state index contributed by atoms with van der Waals surface area (Å²) in [4.78, 5) is 29.5. The number of nitrogens with zero attached hydrogens (tertiary/aromatic N) is 3. The number of halogens is 1. The van der Waals surface area contributed by atoms with Crippen LogP contribution < -0.4 is 14.2 Å². The van der Waals surface area contributed by atoms with E-state index in [0.29, 0.717) is 65.4 Å². The van der Waals surface area contributed by atoms with E-state index >= 15 is 0 Å². The minimum absolute atomic E-state index is 0.160. The summed E-state index contributed by atoms with van der Waals surface area (Å²) in [5, 5.41) is 7.70. The van der Waals surface area contributed by atoms with E-state index in [1.807, 2.05) is 12.1 Å². The third kappa shape index (κ3) is 4.65. The number of H-pyrrole nitrogens is 1. The van der Waals surface area contributed by atoms with Gasteiger partial charge in [-0.1, -0.05) is 23.7 Å². The van der Waals surface area contributed by atoms with E-state index in [0.717, 1.165) is 5.56 Å². The van der Waals surface area contributed by atoms with Crippen LogP contribution in [0.1, 0.15) is 20.8 Å². The maximum absolute atomic E-state index is 13.1. The zero-order chi connectivity index (χ0) is 24.2. The maximum Gasteiger partial charge on any atom is 0.272 e. The molecule has 178 valence electrons. The van der Waals surface area contributed by atoms with Crippen molar-refractivity contribution in [1.29, 1.82) is 0 Å². The topological polar surface area (TPSA) is 97.0 Å². The summed E-state index contributed by atoms with van der Waals surface area (Å²) in [6, 6.07) is 12.2. The number of rotatable bonds is 6. The van der Waals surface area contributed by atoms with Crippen LogP contribution in [-0.2, 0) is 0 Å². The molecule has 2 aromatic carbocycles. The molecule has 34 heavy (non-hydrogen) atoms. The van der Waals surface area contributed by atoms with Crippen molar-refractivity contribution < 1.29 is 23.8 Å². The molecule has 4 rings (SSSR count). The van der Waals surface area contributed by atoms with Crippen LogP contribution in [0.2, 0.25) is 5.02 Å². The molecule has 0 bridgehead atoms. The smallest absolute Gasteiger partial charge is 0.272 e. The molecule has 0 spiro atoms. The second kappa shape index (κ2) is 10.0. The Bertz CT molecular complexity index is 1160. The fourth-order valence-electron chi connectivity index (χ4n) is 3.87. The van der Waals surface area contributed by atoms with Gasteiger partial charge in [0, 0.05) is 42.3 Å². The molecule has 10 heteroatoms. The second-order valence-electron chi connectivity index (χ2n) is 7.67. The molecular weight excluding hydrogens is 460 g/mol. The lowest BCUT2D eigenvalue weighted by atomic mass is 10.1. The van der Waals surface area contributed by atoms with E-state index in [9.17, 15) is 9.59 Å². The van der Waals surface area contributed by atoms with Crippen molar-refractivity contribution in [2.24, 2.45) is 0 Å². The molecule has 1 saturated heterocycles. The first kappa shape index (κ1) is 23.4. The van der Waals surface area contributed by atoms with Gasteiger partial charge in [0.05, 0.1) is 27.0 Å². The molecule has 0 radical (unpaired) electrons. The van der Waals surface area contributed by atoms with Crippen molar-refractivity contribution in [3.8, 4) is 28.5 Å². The summed E-state index contributed by atoms with van der Waals surface area (Å²) < 4.78 is 16.0. The molecule has 0 atom stereocenters. The largest absolute Gasteiger partial charge is 0.493 e. The molecule has 1 fully saturated rings. The number of carbonyl (C=O) groups is 2. The van der Waals surface area contributed by atoms with E-state index in [2.05, 4.69) is 10.2 Å². The van der Waals surface area contributed by atoms with Crippen molar-refractivity contribution in [2.75, 3.05) is 47.5 Å². The Labute approximate surface area is 202 Å². The first-order valence-corrected chi connectivity index (χ1v) is 11.0. The summed E-state index contributed by atoms with van der Waals surface area (Å²) in [5.41, 5.74) is 2.35. The Balaban J connectivity index is 1.42. The highest BCUT2D eigenvalue weighted by Gasteiger charge is 2.28. The number of piperazine rings is 1. The molecule has 1 aliphatic rings. The van der Waals surface area contributed by atoms with Gasteiger partial charge in [0.25, 0.3) is 11.8 Å². The van der Waals surface area contributed by atoms with Crippen LogP contribution in [0.15, 0.2) is 42.5 Å². The Hall–Kier alpha value is -3.72. The lowest BCUT2D eigenvalue weighted by Gasteiger charge is -2.34. The number of methoxy groups -OCH3 is 3. The van der Waals surface area contributed by atoms with Crippen molar-refractivity contribution in [3.05, 3.63) is 58.7 Å². The molecule has 2 amide bonds. The standard InChI is InChI=1S/C24H25ClN4O5/c1-32-20-12-16(13-21(33-2)22(20)34-3)23(30)28-8-10-29(11-9-28)24(31)19-14-18(26-27-19)15-4-6-17(25)7-5-15/h4-7,12-14H,8-11H2,1-3H3,(H,26,27). The number of ether oxygens (including phenoxy) is 3. The van der Waals surface area contributed by atoms with Crippen molar-refractivity contribution in [1.82, 2.24) is 20.0 Å². The van der Waals surface area contributed by atoms with Crippen LogP contribution in [0.3, 0.4) is 0 Å². The van der Waals surface area contributed by atoms with Gasteiger partial charge in [0.1, 0.15) is 5.69 Å². The van der Waals surface area contributed by atoms with Gasteiger partial charge in [-0.25, -0.2) is 0 Å². The number of hydrogen-bond donors (Lipinski definition) is 1. The fraction of sp³-hybridized carbons (Fsp3) is 0.292. The number of amides is 2. The van der Waals surface area contributed by atoms with Gasteiger partial charge in [0.15, 0.2) is 11.5 Å². The van der Waals surface area contributed by atoms with Crippen LogP contribution in [0, 0.1) is 0 Å². The van der Waals surface area contributed by atoms with Crippen LogP contribution in [0.25, 0.3) is 11.3 Å². The Morgan fingerprint density at radius 2 is 1.41 bits per heavy atom. The molecule has 0 aliphatic carbocycles. The number of aromatic nitrogens is 2. The third-order valence-corrected chi connectivity index (χ3v) is 5.97. The van der Waals surface area contributed by atoms with Crippen LogP contribution >= 0.6 is 11.6 Å². The summed E-state index contributed by atoms with van der Waals surface area (Å²) >= 11 is 5.94. The summed E-state index contributed by atoms with van der Waals surface area (Å²) in [6.45, 7) is 1.62. The van der Waals surface area contributed by atoms with Gasteiger partial charge < -0.3 is 24.0 Å². The lowest BCUT2D eigenvalue weighted by molar-refractivity contribution is 0.0532. The Morgan fingerprint density at radius 3 is 1.94 bits per heavy atom. The Morgan fingerprint density at radius 1 is 0.853 bits per heavy atom. The van der Waals surface area contributed by atoms with Gasteiger partial charge in [-0.2, -0.15) is 5.10 Å². The van der Waals surface area contributed by atoms with Gasteiger partial charge >= 0.3 is 0 Å². The molecular formula is C24H25ClN4O5. The lowest BCUT2D eigenvalue weighted by Crippen LogP contribution is -2.50. The molecule has 0 saturated carbocycles. The van der Waals surface area contributed by atoms with Crippen LogP contribution in [-0.4, -0.2) is 79.3 Å². The van der Waals surface area contributed by atoms with Gasteiger partial charge in [-0.05, 0) is 30.3 Å². The summed E-state index contributed by atoms with van der Waals surface area (Å²) in [5.74, 6) is 0.921. The number of carbonyl (C=O) groups excluding carboxylic acids is 2. The fourth-order valence-corrected chi connectivity index (χ4v) is 4.00. The van der Waals surface area contributed by atoms with Crippen LogP contribution in [0.4, 0.5) is 0 Å². The quantitative estimate of drug-likeness (QED) is 0.576. The van der Waals surface area contributed by atoms with E-state index in [4.69, 9.17) is 25.8 Å². The molecule has 0 unspecified atom stereocenters. The molecule has 1 N–H and O–H groups in total. The maximum atomic E-state index is 13.1. The third-order valence-electron chi connectivity index (χ3n) is 5.71. The predicted octanol–water partition coefficient (Wildman–Crippen LogP) is 3.35. The van der Waals surface area contributed by atoms with Crippen molar-refractivity contribution in [2.45, 2.75) is 0 Å². The van der Waals surface area contributed by atoms with E-state index < -0.39 is 0 Å². The van der Waals surface area contributed by atoms with Crippen molar-refractivity contribution >= 4 is 23.4 Å². The van der Waals surface area contributed by atoms with E-state index in [-0.39, 0.29) is 11.8 Å². The summed E-state index contributed by atoms with van der Waals surface area (Å²) in [6.07, 6.45) is 0. The molecule has 2 heterocycles. The number of nitrogens with one attached hydrogen (secondary N) is 1. The van der Waals surface area contributed by atoms with Gasteiger partial charge in [0.2, 0.25) is 5.75 Å². The average molecular weight is 485 g/mol. The number of benzene rings is 2. The van der Waals surface area contributed by atoms with Gasteiger partial charge in [-0.15, -0.1) is 0 Å². The van der Waals surface area contributed by atoms with Crippen LogP contribution in [0.5, 0.6) is 17.2 Å². The first-order valence-electron chi connectivity index (χ1n) is 10.6. The highest BCUT2D eigenvalue weighted by molar-refractivity contribution is 6.30. The summed E-state index contributed by atoms with van der Waals surface area (Å²) in [7, 11) is 4.52. The average Bonchev–Trinajstić information content (AvgIpc) is 3.37. The van der Waals surface area contributed by atoms with E-state index in [1.54, 1.807) is 40.1 Å².